The Morgan fingerprint density at radius 3 is 2.24 bits per heavy atom. The van der Waals surface area contributed by atoms with Crippen molar-refractivity contribution >= 4 is 56.4 Å². The Labute approximate surface area is 255 Å². The maximum Gasteiger partial charge on any atom is 0.271 e. The van der Waals surface area contributed by atoms with Crippen LogP contribution in [0.5, 0.6) is 0 Å². The van der Waals surface area contributed by atoms with Crippen molar-refractivity contribution < 1.29 is 22.9 Å². The van der Waals surface area contributed by atoms with E-state index in [4.69, 9.17) is 23.2 Å². The number of halogens is 2. The molecule has 3 aromatic rings. The molecule has 0 radical (unpaired) electrons. The van der Waals surface area contributed by atoms with Crippen molar-refractivity contribution in [2.24, 2.45) is 5.92 Å². The smallest absolute Gasteiger partial charge is 0.271 e. The number of nitro groups is 1. The number of sulfonamides is 1. The summed E-state index contributed by atoms with van der Waals surface area (Å²) >= 11 is 12.3. The van der Waals surface area contributed by atoms with Crippen LogP contribution in [0.3, 0.4) is 0 Å². The van der Waals surface area contributed by atoms with Crippen LogP contribution in [0, 0.1) is 16.0 Å². The van der Waals surface area contributed by atoms with Gasteiger partial charge in [0.05, 0.1) is 26.9 Å². The minimum Gasteiger partial charge on any atom is -0.354 e. The monoisotopic (exact) mass is 634 g/mol. The second kappa shape index (κ2) is 14.5. The summed E-state index contributed by atoms with van der Waals surface area (Å²) in [5.74, 6) is -0.971. The molecule has 0 aromatic heterocycles. The van der Waals surface area contributed by atoms with Crippen LogP contribution in [0.25, 0.3) is 0 Å². The molecule has 10 nitrogen and oxygen atoms in total. The number of anilines is 1. The molecule has 0 aliphatic heterocycles. The van der Waals surface area contributed by atoms with Crippen LogP contribution >= 0.6 is 23.2 Å². The number of non-ortho nitro benzene ring substituents is 1. The number of nitrogens with one attached hydrogen (secondary N) is 1. The predicted octanol–water partition coefficient (Wildman–Crippen LogP) is 5.08. The van der Waals surface area contributed by atoms with Crippen molar-refractivity contribution in [3.8, 4) is 0 Å². The number of carbonyl (C=O) groups is 2. The van der Waals surface area contributed by atoms with E-state index in [1.807, 2.05) is 44.2 Å². The van der Waals surface area contributed by atoms with Crippen molar-refractivity contribution in [1.29, 1.82) is 0 Å². The minimum atomic E-state index is -4.08. The highest BCUT2D eigenvalue weighted by molar-refractivity contribution is 7.92. The van der Waals surface area contributed by atoms with E-state index in [9.17, 15) is 28.1 Å². The number of hydrogen-bond donors (Lipinski definition) is 1. The zero-order chi connectivity index (χ0) is 31.0. The quantitative estimate of drug-likeness (QED) is 0.206. The van der Waals surface area contributed by atoms with Crippen LogP contribution < -0.4 is 9.62 Å². The first kappa shape index (κ1) is 32.8. The predicted molar refractivity (Wildman–Crippen MR) is 164 cm³/mol. The topological polar surface area (TPSA) is 130 Å². The highest BCUT2D eigenvalue weighted by Gasteiger charge is 2.33. The average Bonchev–Trinajstić information content (AvgIpc) is 2.94. The Bertz CT molecular complexity index is 1540. The Kier molecular flexibility index (Phi) is 11.3. The van der Waals surface area contributed by atoms with Gasteiger partial charge in [0, 0.05) is 31.6 Å². The minimum absolute atomic E-state index is 0.0570. The van der Waals surface area contributed by atoms with Gasteiger partial charge < -0.3 is 10.2 Å². The molecule has 0 saturated carbocycles. The van der Waals surface area contributed by atoms with Crippen molar-refractivity contribution in [1.82, 2.24) is 10.2 Å². The van der Waals surface area contributed by atoms with Gasteiger partial charge in [0.1, 0.15) is 12.6 Å². The van der Waals surface area contributed by atoms with Gasteiger partial charge in [-0.1, -0.05) is 79.5 Å². The summed E-state index contributed by atoms with van der Waals surface area (Å²) < 4.78 is 26.5. The maximum atomic E-state index is 14.1. The normalized spacial score (nSPS) is 12.0. The van der Waals surface area contributed by atoms with Gasteiger partial charge in [-0.25, -0.2) is 8.42 Å². The molecular weight excluding hydrogens is 603 g/mol. The highest BCUT2D eigenvalue weighted by atomic mass is 35.5. The molecule has 0 fully saturated rings. The third-order valence-corrected chi connectivity index (χ3v) is 8.18. The molecule has 0 spiro atoms. The van der Waals surface area contributed by atoms with E-state index in [-0.39, 0.29) is 35.3 Å². The molecule has 42 heavy (non-hydrogen) atoms. The van der Waals surface area contributed by atoms with Gasteiger partial charge in [-0.05, 0) is 35.2 Å². The summed E-state index contributed by atoms with van der Waals surface area (Å²) in [5.41, 5.74) is 0.955. The van der Waals surface area contributed by atoms with Crippen molar-refractivity contribution in [2.75, 3.05) is 23.7 Å². The molecule has 1 atom stereocenters. The summed E-state index contributed by atoms with van der Waals surface area (Å²) in [6, 6.07) is 17.9. The van der Waals surface area contributed by atoms with E-state index in [1.54, 1.807) is 18.2 Å². The average molecular weight is 636 g/mol. The number of carbonyl (C=O) groups excluding carboxylic acids is 2. The summed E-state index contributed by atoms with van der Waals surface area (Å²) in [6.45, 7) is 3.45. The second-order valence-electron chi connectivity index (χ2n) is 10.2. The molecule has 3 rings (SSSR count). The molecule has 2 amide bonds. The molecule has 224 valence electrons. The third-order valence-electron chi connectivity index (χ3n) is 6.30. The van der Waals surface area contributed by atoms with Crippen LogP contribution in [0.2, 0.25) is 10.0 Å². The fraction of sp³-hybridized carbons (Fsp3) is 0.310. The number of nitrogens with zero attached hydrogens (tertiary/aromatic N) is 3. The van der Waals surface area contributed by atoms with Crippen LogP contribution in [0.4, 0.5) is 11.4 Å². The Morgan fingerprint density at radius 1 is 0.952 bits per heavy atom. The zero-order valence-electron chi connectivity index (χ0n) is 23.4. The maximum absolute atomic E-state index is 14.1. The molecule has 0 heterocycles. The second-order valence-corrected chi connectivity index (χ2v) is 12.9. The first-order valence-electron chi connectivity index (χ1n) is 13.0. The van der Waals surface area contributed by atoms with E-state index in [0.29, 0.717) is 17.1 Å². The molecule has 0 aliphatic rings. The lowest BCUT2D eigenvalue weighted by Crippen LogP contribution is -2.53. The van der Waals surface area contributed by atoms with Gasteiger partial charge in [0.2, 0.25) is 21.8 Å². The van der Waals surface area contributed by atoms with Gasteiger partial charge in [-0.15, -0.1) is 0 Å². The zero-order valence-corrected chi connectivity index (χ0v) is 25.7. The number of amides is 2. The van der Waals surface area contributed by atoms with Gasteiger partial charge >= 0.3 is 0 Å². The van der Waals surface area contributed by atoms with Crippen LogP contribution in [-0.4, -0.2) is 55.4 Å². The van der Waals surface area contributed by atoms with Crippen molar-refractivity contribution in [3.63, 3.8) is 0 Å². The van der Waals surface area contributed by atoms with E-state index in [0.717, 1.165) is 22.2 Å². The van der Waals surface area contributed by atoms with E-state index in [2.05, 4.69) is 5.32 Å². The molecule has 1 unspecified atom stereocenters. The van der Waals surface area contributed by atoms with Gasteiger partial charge in [0.25, 0.3) is 5.69 Å². The van der Waals surface area contributed by atoms with E-state index >= 15 is 0 Å². The Balaban J connectivity index is 2.08. The van der Waals surface area contributed by atoms with Crippen LogP contribution in [-0.2, 0) is 32.6 Å². The first-order valence-corrected chi connectivity index (χ1v) is 15.6. The molecule has 0 bridgehead atoms. The summed E-state index contributed by atoms with van der Waals surface area (Å²) in [5, 5.41) is 14.8. The molecule has 0 aliphatic carbocycles. The molecular formula is C29H32Cl2N4O6S. The molecule has 0 saturated heterocycles. The van der Waals surface area contributed by atoms with Gasteiger partial charge in [-0.3, -0.25) is 24.0 Å². The molecule has 13 heteroatoms. The van der Waals surface area contributed by atoms with E-state index in [1.165, 1.54) is 23.1 Å². The summed E-state index contributed by atoms with van der Waals surface area (Å²) in [7, 11) is -4.08. The van der Waals surface area contributed by atoms with Crippen molar-refractivity contribution in [2.45, 2.75) is 32.9 Å². The van der Waals surface area contributed by atoms with Crippen LogP contribution in [0.1, 0.15) is 25.0 Å². The van der Waals surface area contributed by atoms with Crippen molar-refractivity contribution in [3.05, 3.63) is 104 Å². The lowest BCUT2D eigenvalue weighted by molar-refractivity contribution is -0.384. The SMILES string of the molecule is CC(C)CNC(=O)C(Cc1ccccc1)N(Cc1ccc(Cl)c(Cl)c1)C(=O)CN(c1cccc([N+](=O)[O-])c1)S(C)(=O)=O. The molecule has 3 aromatic carbocycles. The summed E-state index contributed by atoms with van der Waals surface area (Å²) in [4.78, 5) is 39.7. The first-order chi connectivity index (χ1) is 19.8. The third kappa shape index (κ3) is 9.17. The van der Waals surface area contributed by atoms with Crippen LogP contribution in [0.15, 0.2) is 72.8 Å². The van der Waals surface area contributed by atoms with E-state index < -0.39 is 39.3 Å². The highest BCUT2D eigenvalue weighted by Crippen LogP contribution is 2.26. The lowest BCUT2D eigenvalue weighted by atomic mass is 10.0. The largest absolute Gasteiger partial charge is 0.354 e. The fourth-order valence-electron chi connectivity index (χ4n) is 4.19. The number of hydrogen-bond acceptors (Lipinski definition) is 6. The lowest BCUT2D eigenvalue weighted by Gasteiger charge is -2.33. The van der Waals surface area contributed by atoms with Gasteiger partial charge in [-0.2, -0.15) is 0 Å². The fourth-order valence-corrected chi connectivity index (χ4v) is 5.35. The summed E-state index contributed by atoms with van der Waals surface area (Å²) in [6.07, 6.45) is 1.05. The number of benzene rings is 3. The van der Waals surface area contributed by atoms with Gasteiger partial charge in [0.15, 0.2) is 0 Å². The number of nitro benzene ring substituents is 1. The Morgan fingerprint density at radius 2 is 1.64 bits per heavy atom. The Hall–Kier alpha value is -3.67. The standard InChI is InChI=1S/C29H32Cl2N4O6S/c1-20(2)17-32-29(37)27(15-21-8-5-4-6-9-21)33(18-22-12-13-25(30)26(31)14-22)28(36)19-34(42(3,40)41)23-10-7-11-24(16-23)35(38)39/h4-14,16,20,27H,15,17-19H2,1-3H3,(H,32,37). The molecule has 1 N–H and O–H groups in total. The number of rotatable bonds is 13.